The molecule has 122 valence electrons. The lowest BCUT2D eigenvalue weighted by Gasteiger charge is -2.07. The Labute approximate surface area is 137 Å². The molecule has 0 heterocycles. The van der Waals surface area contributed by atoms with Crippen LogP contribution in [0.15, 0.2) is 47.6 Å². The van der Waals surface area contributed by atoms with E-state index in [1.54, 1.807) is 31.2 Å². The second-order valence-corrected chi connectivity index (χ2v) is 4.76. The highest BCUT2D eigenvalue weighted by molar-refractivity contribution is 5.99. The van der Waals surface area contributed by atoms with Gasteiger partial charge in [0.2, 0.25) is 0 Å². The first-order chi connectivity index (χ1) is 11.5. The normalized spacial score (nSPS) is 10.8. The van der Waals surface area contributed by atoms with Gasteiger partial charge in [-0.3, -0.25) is 4.79 Å². The van der Waals surface area contributed by atoms with E-state index in [1.165, 1.54) is 6.07 Å². The number of hydrogen-bond acceptors (Lipinski definition) is 4. The van der Waals surface area contributed by atoms with E-state index in [0.717, 1.165) is 12.1 Å². The summed E-state index contributed by atoms with van der Waals surface area (Å²) in [7, 11) is 0. The largest absolute Gasteiger partial charge is 0.482 e. The molecule has 0 aliphatic rings. The maximum absolute atomic E-state index is 13.2. The van der Waals surface area contributed by atoms with E-state index in [4.69, 9.17) is 10.00 Å². The van der Waals surface area contributed by atoms with E-state index in [-0.39, 0.29) is 12.4 Å². The van der Waals surface area contributed by atoms with Gasteiger partial charge in [-0.25, -0.2) is 14.2 Å². The number of nitrogens with zero attached hydrogens (tertiary/aromatic N) is 2. The van der Waals surface area contributed by atoms with Gasteiger partial charge in [0.15, 0.2) is 18.2 Å². The molecule has 0 unspecified atom stereocenters. The van der Waals surface area contributed by atoms with Gasteiger partial charge in [0.25, 0.3) is 5.91 Å². The topological polar surface area (TPSA) is 74.5 Å². The highest BCUT2D eigenvalue weighted by atomic mass is 19.2. The lowest BCUT2D eigenvalue weighted by molar-refractivity contribution is -0.123. The Balaban J connectivity index is 1.94. The molecule has 1 N–H and O–H groups in total. The van der Waals surface area contributed by atoms with E-state index in [2.05, 4.69) is 10.5 Å². The Morgan fingerprint density at radius 1 is 1.25 bits per heavy atom. The molecular formula is C17H13F2N3O2. The van der Waals surface area contributed by atoms with Gasteiger partial charge < -0.3 is 4.74 Å². The Kier molecular flexibility index (Phi) is 5.58. The number of benzene rings is 2. The minimum Gasteiger partial charge on any atom is -0.482 e. The van der Waals surface area contributed by atoms with Crippen molar-refractivity contribution in [1.29, 1.82) is 5.26 Å². The molecule has 24 heavy (non-hydrogen) atoms. The van der Waals surface area contributed by atoms with Crippen LogP contribution in [0.1, 0.15) is 18.1 Å². The molecule has 0 radical (unpaired) electrons. The van der Waals surface area contributed by atoms with Crippen molar-refractivity contribution in [2.75, 3.05) is 6.61 Å². The van der Waals surface area contributed by atoms with Crippen molar-refractivity contribution in [2.45, 2.75) is 6.92 Å². The Hall–Kier alpha value is -3.27. The molecule has 1 amide bonds. The minimum absolute atomic E-state index is 0.288. The number of hydrazone groups is 1. The standard InChI is InChI=1S/C17H13F2N3O2/c1-11(12-6-7-14(18)15(19)8-12)21-22-17(23)10-24-16-5-3-2-4-13(16)9-20/h2-8H,10H2,1H3,(H,22,23)/b21-11+. The van der Waals surface area contributed by atoms with Crippen LogP contribution in [0, 0.1) is 23.0 Å². The van der Waals surface area contributed by atoms with E-state index in [9.17, 15) is 13.6 Å². The molecule has 7 heteroatoms. The zero-order valence-electron chi connectivity index (χ0n) is 12.7. The summed E-state index contributed by atoms with van der Waals surface area (Å²) in [5.74, 6) is -2.22. The fourth-order valence-electron chi connectivity index (χ4n) is 1.79. The van der Waals surface area contributed by atoms with Gasteiger partial charge in [0.1, 0.15) is 11.8 Å². The molecule has 0 fully saturated rings. The van der Waals surface area contributed by atoms with Crippen molar-refractivity contribution in [1.82, 2.24) is 5.43 Å². The fourth-order valence-corrected chi connectivity index (χ4v) is 1.79. The van der Waals surface area contributed by atoms with Gasteiger partial charge in [0.05, 0.1) is 11.3 Å². The summed E-state index contributed by atoms with van der Waals surface area (Å²) in [6.07, 6.45) is 0. The quantitative estimate of drug-likeness (QED) is 0.677. The predicted octanol–water partition coefficient (Wildman–Crippen LogP) is 2.76. The zero-order valence-corrected chi connectivity index (χ0v) is 12.7. The van der Waals surface area contributed by atoms with E-state index in [1.807, 2.05) is 6.07 Å². The van der Waals surface area contributed by atoms with Gasteiger partial charge in [-0.05, 0) is 37.3 Å². The van der Waals surface area contributed by atoms with Gasteiger partial charge in [-0.15, -0.1) is 0 Å². The number of halogens is 2. The third-order valence-electron chi connectivity index (χ3n) is 3.05. The van der Waals surface area contributed by atoms with Crippen LogP contribution in [0.5, 0.6) is 5.75 Å². The molecule has 0 spiro atoms. The molecule has 2 aromatic carbocycles. The Morgan fingerprint density at radius 2 is 2.00 bits per heavy atom. The lowest BCUT2D eigenvalue weighted by atomic mass is 10.1. The van der Waals surface area contributed by atoms with Crippen molar-refractivity contribution in [3.8, 4) is 11.8 Å². The van der Waals surface area contributed by atoms with Gasteiger partial charge >= 0.3 is 0 Å². The molecule has 0 bridgehead atoms. The third-order valence-corrected chi connectivity index (χ3v) is 3.05. The summed E-state index contributed by atoms with van der Waals surface area (Å²) >= 11 is 0. The molecule has 0 atom stereocenters. The number of hydrogen-bond donors (Lipinski definition) is 1. The van der Waals surface area contributed by atoms with Crippen molar-refractivity contribution in [3.05, 3.63) is 65.2 Å². The Morgan fingerprint density at radius 3 is 2.71 bits per heavy atom. The average molecular weight is 329 g/mol. The molecule has 5 nitrogen and oxygen atoms in total. The van der Waals surface area contributed by atoms with Crippen LogP contribution in [-0.4, -0.2) is 18.2 Å². The first kappa shape index (κ1) is 17.1. The molecule has 0 saturated heterocycles. The van der Waals surface area contributed by atoms with Crippen LogP contribution in [0.25, 0.3) is 0 Å². The molecule has 0 aliphatic heterocycles. The van der Waals surface area contributed by atoms with Gasteiger partial charge in [0, 0.05) is 5.56 Å². The molecule has 2 rings (SSSR count). The maximum Gasteiger partial charge on any atom is 0.277 e. The highest BCUT2D eigenvalue weighted by Gasteiger charge is 2.07. The number of rotatable bonds is 5. The Bertz CT molecular complexity index is 829. The van der Waals surface area contributed by atoms with Crippen molar-refractivity contribution >= 4 is 11.6 Å². The van der Waals surface area contributed by atoms with Gasteiger partial charge in [-0.1, -0.05) is 12.1 Å². The van der Waals surface area contributed by atoms with Crippen molar-refractivity contribution in [2.24, 2.45) is 5.10 Å². The number of ether oxygens (including phenoxy) is 1. The first-order valence-corrected chi connectivity index (χ1v) is 6.91. The summed E-state index contributed by atoms with van der Waals surface area (Å²) in [5, 5.41) is 12.7. The fraction of sp³-hybridized carbons (Fsp3) is 0.118. The SMILES string of the molecule is C/C(=N\NC(=O)COc1ccccc1C#N)c1ccc(F)c(F)c1. The number of para-hydroxylation sites is 1. The summed E-state index contributed by atoms with van der Waals surface area (Å²) in [6, 6.07) is 11.8. The second-order valence-electron chi connectivity index (χ2n) is 4.76. The van der Waals surface area contributed by atoms with Crippen LogP contribution in [0.4, 0.5) is 8.78 Å². The predicted molar refractivity (Wildman–Crippen MR) is 83.4 cm³/mol. The zero-order chi connectivity index (χ0) is 17.5. The van der Waals surface area contributed by atoms with E-state index >= 15 is 0 Å². The van der Waals surface area contributed by atoms with Crippen molar-refractivity contribution in [3.63, 3.8) is 0 Å². The van der Waals surface area contributed by atoms with Crippen molar-refractivity contribution < 1.29 is 18.3 Å². The minimum atomic E-state index is -0.996. The first-order valence-electron chi connectivity index (χ1n) is 6.91. The smallest absolute Gasteiger partial charge is 0.277 e. The molecular weight excluding hydrogens is 316 g/mol. The highest BCUT2D eigenvalue weighted by Crippen LogP contribution is 2.16. The third kappa shape index (κ3) is 4.36. The molecule has 0 saturated carbocycles. The maximum atomic E-state index is 13.2. The number of amides is 1. The lowest BCUT2D eigenvalue weighted by Crippen LogP contribution is -2.25. The molecule has 0 aliphatic carbocycles. The van der Waals surface area contributed by atoms with E-state index < -0.39 is 17.5 Å². The summed E-state index contributed by atoms with van der Waals surface area (Å²) in [4.78, 5) is 11.7. The van der Waals surface area contributed by atoms with Crippen LogP contribution in [0.3, 0.4) is 0 Å². The van der Waals surface area contributed by atoms with Gasteiger partial charge in [-0.2, -0.15) is 10.4 Å². The second kappa shape index (κ2) is 7.83. The average Bonchev–Trinajstić information content (AvgIpc) is 2.60. The number of nitrogens with one attached hydrogen (secondary N) is 1. The van der Waals surface area contributed by atoms with Crippen LogP contribution in [0.2, 0.25) is 0 Å². The van der Waals surface area contributed by atoms with E-state index in [0.29, 0.717) is 16.8 Å². The van der Waals surface area contributed by atoms with Crippen LogP contribution >= 0.6 is 0 Å². The van der Waals surface area contributed by atoms with Crippen LogP contribution < -0.4 is 10.2 Å². The monoisotopic (exact) mass is 329 g/mol. The summed E-state index contributed by atoms with van der Waals surface area (Å²) in [6.45, 7) is 1.20. The molecule has 2 aromatic rings. The summed E-state index contributed by atoms with van der Waals surface area (Å²) < 4.78 is 31.3. The molecule has 0 aromatic heterocycles. The summed E-state index contributed by atoms with van der Waals surface area (Å²) in [5.41, 5.74) is 3.20. The number of nitriles is 1. The number of carbonyl (C=O) groups is 1. The van der Waals surface area contributed by atoms with Crippen LogP contribution in [-0.2, 0) is 4.79 Å². The number of carbonyl (C=O) groups excluding carboxylic acids is 1.